The van der Waals surface area contributed by atoms with Gasteiger partial charge in [-0.2, -0.15) is 0 Å². The number of nitrogens with zero attached hydrogens (tertiary/aromatic N) is 2. The lowest BCUT2D eigenvalue weighted by atomic mass is 10.0. The third-order valence-corrected chi connectivity index (χ3v) is 5.37. The molecule has 1 fully saturated rings. The van der Waals surface area contributed by atoms with Crippen molar-refractivity contribution in [3.63, 3.8) is 0 Å². The molecule has 116 valence electrons. The van der Waals surface area contributed by atoms with Crippen molar-refractivity contribution >= 4 is 28.7 Å². The van der Waals surface area contributed by atoms with Crippen LogP contribution in [0.1, 0.15) is 42.1 Å². The molecule has 1 aliphatic rings. The summed E-state index contributed by atoms with van der Waals surface area (Å²) in [5, 5.41) is 6.49. The van der Waals surface area contributed by atoms with Crippen molar-refractivity contribution in [1.82, 2.24) is 15.2 Å². The molecule has 5 heteroatoms. The van der Waals surface area contributed by atoms with Gasteiger partial charge in [-0.3, -0.25) is 4.98 Å². The third kappa shape index (κ3) is 2.88. The van der Waals surface area contributed by atoms with Crippen LogP contribution in [0, 0.1) is 12.8 Å². The maximum absolute atomic E-state index is 5.62. The molecule has 3 heterocycles. The molecule has 2 aromatic heterocycles. The van der Waals surface area contributed by atoms with E-state index in [1.807, 2.05) is 29.7 Å². The van der Waals surface area contributed by atoms with Crippen molar-refractivity contribution in [3.05, 3.63) is 52.0 Å². The summed E-state index contributed by atoms with van der Waals surface area (Å²) in [5.41, 5.74) is 2.38. The van der Waals surface area contributed by atoms with E-state index < -0.39 is 0 Å². The van der Waals surface area contributed by atoms with Crippen molar-refractivity contribution in [2.24, 2.45) is 5.92 Å². The summed E-state index contributed by atoms with van der Waals surface area (Å²) in [7, 11) is 0. The molecule has 3 nitrogen and oxygen atoms in total. The Morgan fingerprint density at radius 1 is 1.36 bits per heavy atom. The Morgan fingerprint density at radius 3 is 2.77 bits per heavy atom. The fourth-order valence-electron chi connectivity index (χ4n) is 2.97. The Bertz CT molecular complexity index is 651. The first kappa shape index (κ1) is 15.4. The normalized spacial score (nSPS) is 21.5. The van der Waals surface area contributed by atoms with Crippen LogP contribution >= 0.6 is 23.6 Å². The molecule has 0 saturated carbocycles. The standard InChI is InChI=1S/C17H21N3S2/c1-11(2)10-20-15(16-12(3)7-9-22-16)14(19-17(20)21)13-6-4-5-8-18-13/h4-9,11,14-15H,10H2,1-3H3,(H,19,21). The number of thiocarbonyl (C=S) groups is 1. The monoisotopic (exact) mass is 331 g/mol. The van der Waals surface area contributed by atoms with Crippen LogP contribution in [0.15, 0.2) is 35.8 Å². The molecule has 1 saturated heterocycles. The first-order valence-corrected chi connectivity index (χ1v) is 8.88. The highest BCUT2D eigenvalue weighted by Gasteiger charge is 2.40. The van der Waals surface area contributed by atoms with Gasteiger partial charge in [-0.25, -0.2) is 0 Å². The SMILES string of the molecule is Cc1ccsc1C1C(c2ccccn2)NC(=S)N1CC(C)C. The van der Waals surface area contributed by atoms with Crippen LogP contribution < -0.4 is 5.32 Å². The summed E-state index contributed by atoms with van der Waals surface area (Å²) in [6.45, 7) is 7.59. The van der Waals surface area contributed by atoms with Gasteiger partial charge in [-0.15, -0.1) is 11.3 Å². The average Bonchev–Trinajstić information content (AvgIpc) is 3.04. The topological polar surface area (TPSA) is 28.2 Å². The minimum absolute atomic E-state index is 0.116. The van der Waals surface area contributed by atoms with Gasteiger partial charge in [0.2, 0.25) is 0 Å². The molecule has 3 rings (SSSR count). The van der Waals surface area contributed by atoms with E-state index in [0.717, 1.165) is 17.4 Å². The van der Waals surface area contributed by atoms with Gasteiger partial charge in [-0.05, 0) is 54.2 Å². The first-order valence-electron chi connectivity index (χ1n) is 7.60. The van der Waals surface area contributed by atoms with Crippen molar-refractivity contribution < 1.29 is 0 Å². The van der Waals surface area contributed by atoms with Gasteiger partial charge in [0.1, 0.15) is 0 Å². The van der Waals surface area contributed by atoms with Crippen molar-refractivity contribution in [3.8, 4) is 0 Å². The van der Waals surface area contributed by atoms with Gasteiger partial charge in [0, 0.05) is 17.6 Å². The number of aromatic nitrogens is 1. The number of hydrogen-bond donors (Lipinski definition) is 1. The zero-order valence-electron chi connectivity index (χ0n) is 13.1. The zero-order valence-corrected chi connectivity index (χ0v) is 14.7. The van der Waals surface area contributed by atoms with Gasteiger partial charge in [0.25, 0.3) is 0 Å². The summed E-state index contributed by atoms with van der Waals surface area (Å²) in [6.07, 6.45) is 1.85. The largest absolute Gasteiger partial charge is 0.352 e. The maximum Gasteiger partial charge on any atom is 0.170 e. The highest BCUT2D eigenvalue weighted by Crippen LogP contribution is 2.42. The number of thiophene rings is 1. The van der Waals surface area contributed by atoms with E-state index in [-0.39, 0.29) is 12.1 Å². The molecule has 0 spiro atoms. The molecule has 0 bridgehead atoms. The highest BCUT2D eigenvalue weighted by atomic mass is 32.1. The quantitative estimate of drug-likeness (QED) is 0.855. The Labute approximate surface area is 141 Å². The van der Waals surface area contributed by atoms with E-state index in [1.54, 1.807) is 0 Å². The number of aryl methyl sites for hydroxylation is 1. The molecule has 22 heavy (non-hydrogen) atoms. The Morgan fingerprint density at radius 2 is 2.18 bits per heavy atom. The summed E-state index contributed by atoms with van der Waals surface area (Å²) < 4.78 is 0. The predicted molar refractivity (Wildman–Crippen MR) is 96.1 cm³/mol. The van der Waals surface area contributed by atoms with Crippen LogP contribution in [-0.4, -0.2) is 21.5 Å². The molecule has 2 aromatic rings. The Kier molecular flexibility index (Phi) is 4.45. The molecule has 2 atom stereocenters. The number of rotatable bonds is 4. The van der Waals surface area contributed by atoms with Crippen LogP contribution in [0.25, 0.3) is 0 Å². The van der Waals surface area contributed by atoms with E-state index in [2.05, 4.69) is 53.5 Å². The van der Waals surface area contributed by atoms with Crippen LogP contribution in [0.5, 0.6) is 0 Å². The van der Waals surface area contributed by atoms with Gasteiger partial charge >= 0.3 is 0 Å². The second-order valence-electron chi connectivity index (χ2n) is 6.14. The molecule has 1 N–H and O–H groups in total. The van der Waals surface area contributed by atoms with E-state index >= 15 is 0 Å². The van der Waals surface area contributed by atoms with Gasteiger partial charge in [-0.1, -0.05) is 19.9 Å². The summed E-state index contributed by atoms with van der Waals surface area (Å²) >= 11 is 7.43. The van der Waals surface area contributed by atoms with Crippen LogP contribution in [-0.2, 0) is 0 Å². The molecular formula is C17H21N3S2. The minimum Gasteiger partial charge on any atom is -0.352 e. The van der Waals surface area contributed by atoms with Gasteiger partial charge < -0.3 is 10.2 Å². The van der Waals surface area contributed by atoms with E-state index in [4.69, 9.17) is 12.2 Å². The summed E-state index contributed by atoms with van der Waals surface area (Å²) in [6, 6.07) is 8.60. The molecular weight excluding hydrogens is 310 g/mol. The summed E-state index contributed by atoms with van der Waals surface area (Å²) in [5.74, 6) is 0.560. The van der Waals surface area contributed by atoms with Gasteiger partial charge in [0.05, 0.1) is 17.8 Å². The fourth-order valence-corrected chi connectivity index (χ4v) is 4.36. The molecule has 1 aliphatic heterocycles. The Hall–Kier alpha value is -1.46. The van der Waals surface area contributed by atoms with Crippen LogP contribution in [0.2, 0.25) is 0 Å². The second-order valence-corrected chi connectivity index (χ2v) is 7.48. The third-order valence-electron chi connectivity index (χ3n) is 3.93. The van der Waals surface area contributed by atoms with Crippen LogP contribution in [0.3, 0.4) is 0 Å². The van der Waals surface area contributed by atoms with Gasteiger partial charge in [0.15, 0.2) is 5.11 Å². The minimum atomic E-state index is 0.116. The lowest BCUT2D eigenvalue weighted by Gasteiger charge is -2.28. The van der Waals surface area contributed by atoms with E-state index in [0.29, 0.717) is 5.92 Å². The summed E-state index contributed by atoms with van der Waals surface area (Å²) in [4.78, 5) is 8.26. The molecule has 0 amide bonds. The van der Waals surface area contributed by atoms with Crippen molar-refractivity contribution in [2.75, 3.05) is 6.54 Å². The number of hydrogen-bond acceptors (Lipinski definition) is 3. The van der Waals surface area contributed by atoms with E-state index in [9.17, 15) is 0 Å². The van der Waals surface area contributed by atoms with Crippen LogP contribution in [0.4, 0.5) is 0 Å². The predicted octanol–water partition coefficient (Wildman–Crippen LogP) is 4.08. The highest BCUT2D eigenvalue weighted by molar-refractivity contribution is 7.80. The molecule has 0 radical (unpaired) electrons. The number of nitrogens with one attached hydrogen (secondary N) is 1. The second kappa shape index (κ2) is 6.34. The lowest BCUT2D eigenvalue weighted by molar-refractivity contribution is 0.291. The first-order chi connectivity index (χ1) is 10.6. The maximum atomic E-state index is 5.62. The molecule has 0 aromatic carbocycles. The average molecular weight is 332 g/mol. The van der Waals surface area contributed by atoms with Crippen molar-refractivity contribution in [1.29, 1.82) is 0 Å². The Balaban J connectivity index is 2.02. The number of pyridine rings is 1. The fraction of sp³-hybridized carbons (Fsp3) is 0.412. The smallest absolute Gasteiger partial charge is 0.170 e. The lowest BCUT2D eigenvalue weighted by Crippen LogP contribution is -2.32. The molecule has 2 unspecified atom stereocenters. The molecule has 0 aliphatic carbocycles. The van der Waals surface area contributed by atoms with Crippen molar-refractivity contribution in [2.45, 2.75) is 32.9 Å². The zero-order chi connectivity index (χ0) is 15.7. The van der Waals surface area contributed by atoms with E-state index in [1.165, 1.54) is 10.4 Å².